The minimum absolute atomic E-state index is 0.0498. The summed E-state index contributed by atoms with van der Waals surface area (Å²) in [4.78, 5) is 57.0. The highest BCUT2D eigenvalue weighted by molar-refractivity contribution is 6.20. The molecular formula is C54H48O12. The Hall–Kier alpha value is -8.25. The predicted molar refractivity (Wildman–Crippen MR) is 248 cm³/mol. The van der Waals surface area contributed by atoms with E-state index in [0.717, 1.165) is 56.0 Å². The van der Waals surface area contributed by atoms with Gasteiger partial charge in [0.25, 0.3) is 0 Å². The molecular weight excluding hydrogens is 841 g/mol. The monoisotopic (exact) mass is 888 g/mol. The van der Waals surface area contributed by atoms with Gasteiger partial charge in [0, 0.05) is 31.9 Å². The molecule has 12 heteroatoms. The summed E-state index contributed by atoms with van der Waals surface area (Å²) in [6.45, 7) is 7.50. The number of aliphatic hydroxyl groups is 1. The summed E-state index contributed by atoms with van der Waals surface area (Å²) in [6, 6.07) is 45.6. The molecule has 2 heterocycles. The van der Waals surface area contributed by atoms with E-state index >= 15 is 0 Å². The molecule has 6 aromatic carbocycles. The minimum atomic E-state index is -0.771. The van der Waals surface area contributed by atoms with Gasteiger partial charge in [0.2, 0.25) is 0 Å². The van der Waals surface area contributed by atoms with Crippen LogP contribution in [0.3, 0.4) is 0 Å². The third kappa shape index (κ3) is 11.3. The average Bonchev–Trinajstić information content (AvgIpc) is 3.79. The fraction of sp³-hybridized carbons (Fsp3) is 0.167. The summed E-state index contributed by atoms with van der Waals surface area (Å²) in [5.74, 6) is -0.940. The van der Waals surface area contributed by atoms with Crippen molar-refractivity contribution in [3.63, 3.8) is 0 Å². The third-order valence-electron chi connectivity index (χ3n) is 10.5. The molecule has 2 atom stereocenters. The van der Waals surface area contributed by atoms with Crippen molar-refractivity contribution in [3.05, 3.63) is 190 Å². The molecule has 336 valence electrons. The van der Waals surface area contributed by atoms with Gasteiger partial charge >= 0.3 is 29.8 Å². The van der Waals surface area contributed by atoms with Gasteiger partial charge in [0.05, 0.1) is 14.2 Å². The van der Waals surface area contributed by atoms with Crippen molar-refractivity contribution >= 4 is 41.0 Å². The van der Waals surface area contributed by atoms with Gasteiger partial charge in [-0.25, -0.2) is 9.59 Å². The van der Waals surface area contributed by atoms with Crippen LogP contribution < -0.4 is 9.47 Å². The standard InChI is InChI=1S/C26H22O5.C24H20O4.C4H6O3/c1-16-9-10-20(18-11-13-21(29-3)14-12-18)15-22(16)23-25(30-17(2)27)24(31-26(23)28)19-7-5-4-6-8-19;1-15-8-9-18(16-10-12-19(27-2)13-11-16)14-20(15)21-22(25)23(28-24(21)26)17-6-4-3-5-7-17;1-3(5)7-4(2)6/h4-15,24H,1-3H3;3-14,23,25H,1-2H3;1-2H3. The Morgan fingerprint density at radius 1 is 0.500 bits per heavy atom. The lowest BCUT2D eigenvalue weighted by Gasteiger charge is -2.14. The van der Waals surface area contributed by atoms with Crippen LogP contribution >= 0.6 is 0 Å². The van der Waals surface area contributed by atoms with Crippen LogP contribution in [0.15, 0.2) is 157 Å². The highest BCUT2D eigenvalue weighted by Gasteiger charge is 2.40. The zero-order valence-electron chi connectivity index (χ0n) is 37.4. The Bertz CT molecular complexity index is 2800. The van der Waals surface area contributed by atoms with Crippen molar-refractivity contribution in [1.29, 1.82) is 0 Å². The van der Waals surface area contributed by atoms with E-state index in [1.807, 2.05) is 159 Å². The Morgan fingerprint density at radius 3 is 1.30 bits per heavy atom. The molecule has 66 heavy (non-hydrogen) atoms. The summed E-state index contributed by atoms with van der Waals surface area (Å²) >= 11 is 0. The smallest absolute Gasteiger partial charge is 0.343 e. The van der Waals surface area contributed by atoms with Gasteiger partial charge in [-0.15, -0.1) is 0 Å². The first-order valence-electron chi connectivity index (χ1n) is 20.8. The number of esters is 5. The fourth-order valence-corrected chi connectivity index (χ4v) is 7.27. The number of cyclic esters (lactones) is 2. The van der Waals surface area contributed by atoms with Crippen LogP contribution in [-0.4, -0.2) is 49.2 Å². The van der Waals surface area contributed by atoms with Crippen LogP contribution in [0.5, 0.6) is 11.5 Å². The molecule has 2 unspecified atom stereocenters. The van der Waals surface area contributed by atoms with E-state index in [-0.39, 0.29) is 22.7 Å². The van der Waals surface area contributed by atoms with E-state index in [1.54, 1.807) is 14.2 Å². The third-order valence-corrected chi connectivity index (χ3v) is 10.5. The van der Waals surface area contributed by atoms with Gasteiger partial charge in [-0.2, -0.15) is 0 Å². The minimum Gasteiger partial charge on any atom is -0.507 e. The average molecular weight is 889 g/mol. The SMILES string of the molecule is CC(=O)OC(C)=O.COc1ccc(-c2ccc(C)c(C3=C(O)C(c4ccccc4)OC3=O)c2)cc1.COc1ccc(-c2ccc(C)c(C3=C(OC(C)=O)C(c4ccccc4)OC3=O)c2)cc1. The van der Waals surface area contributed by atoms with Crippen molar-refractivity contribution in [3.8, 4) is 33.8 Å². The van der Waals surface area contributed by atoms with Crippen LogP contribution in [0.1, 0.15) is 66.4 Å². The molecule has 0 aliphatic carbocycles. The van der Waals surface area contributed by atoms with Gasteiger partial charge in [-0.1, -0.05) is 109 Å². The van der Waals surface area contributed by atoms with Gasteiger partial charge < -0.3 is 33.5 Å². The zero-order chi connectivity index (χ0) is 47.5. The Kier molecular flexibility index (Phi) is 15.3. The van der Waals surface area contributed by atoms with Gasteiger partial charge in [0.1, 0.15) is 22.6 Å². The number of aliphatic hydroxyl groups excluding tert-OH is 1. The number of carbonyl (C=O) groups is 5. The van der Waals surface area contributed by atoms with E-state index < -0.39 is 42.1 Å². The van der Waals surface area contributed by atoms with E-state index in [2.05, 4.69) is 4.74 Å². The highest BCUT2D eigenvalue weighted by Crippen LogP contribution is 2.43. The van der Waals surface area contributed by atoms with Crippen molar-refractivity contribution in [2.75, 3.05) is 14.2 Å². The number of rotatable bonds is 9. The molecule has 0 bridgehead atoms. The van der Waals surface area contributed by atoms with E-state index in [4.69, 9.17) is 23.7 Å². The number of ether oxygens (including phenoxy) is 6. The summed E-state index contributed by atoms with van der Waals surface area (Å²) in [6.07, 6.45) is -1.54. The summed E-state index contributed by atoms with van der Waals surface area (Å²) in [5.41, 5.74) is 8.94. The molecule has 0 amide bonds. The molecule has 6 aromatic rings. The van der Waals surface area contributed by atoms with Crippen molar-refractivity contribution in [2.45, 2.75) is 46.8 Å². The maximum absolute atomic E-state index is 12.9. The number of benzene rings is 6. The second kappa shape index (κ2) is 21.4. The molecule has 12 nitrogen and oxygen atoms in total. The quantitative estimate of drug-likeness (QED) is 0.0832. The molecule has 0 saturated carbocycles. The van der Waals surface area contributed by atoms with Crippen molar-refractivity contribution in [1.82, 2.24) is 0 Å². The number of hydrogen-bond donors (Lipinski definition) is 1. The van der Waals surface area contributed by atoms with Crippen molar-refractivity contribution < 1.29 is 57.5 Å². The Balaban J connectivity index is 0.000000192. The number of methoxy groups -OCH3 is 2. The Labute approximate surface area is 382 Å². The largest absolute Gasteiger partial charge is 0.507 e. The molecule has 8 rings (SSSR count). The maximum atomic E-state index is 12.9. The molecule has 0 spiro atoms. The number of aryl methyl sites for hydroxylation is 2. The van der Waals surface area contributed by atoms with Crippen LogP contribution in [0.2, 0.25) is 0 Å². The second-order valence-corrected chi connectivity index (χ2v) is 15.1. The number of carbonyl (C=O) groups excluding carboxylic acids is 5. The zero-order valence-corrected chi connectivity index (χ0v) is 37.4. The van der Waals surface area contributed by atoms with Crippen molar-refractivity contribution in [2.24, 2.45) is 0 Å². The molecule has 0 radical (unpaired) electrons. The number of hydrogen-bond acceptors (Lipinski definition) is 12. The lowest BCUT2D eigenvalue weighted by atomic mass is 9.93. The van der Waals surface area contributed by atoms with E-state index in [0.29, 0.717) is 11.1 Å². The lowest BCUT2D eigenvalue weighted by molar-refractivity contribution is -0.156. The van der Waals surface area contributed by atoms with E-state index in [9.17, 15) is 29.1 Å². The van der Waals surface area contributed by atoms with Gasteiger partial charge in [-0.05, 0) is 94.8 Å². The highest BCUT2D eigenvalue weighted by atomic mass is 16.6. The molecule has 2 aliphatic heterocycles. The van der Waals surface area contributed by atoms with Gasteiger partial charge in [0.15, 0.2) is 23.7 Å². The summed E-state index contributed by atoms with van der Waals surface area (Å²) < 4.78 is 31.1. The fourth-order valence-electron chi connectivity index (χ4n) is 7.27. The Morgan fingerprint density at radius 2 is 0.894 bits per heavy atom. The first-order chi connectivity index (χ1) is 31.7. The van der Waals surface area contributed by atoms with Crippen LogP contribution in [-0.2, 0) is 42.9 Å². The topological polar surface area (TPSA) is 161 Å². The summed E-state index contributed by atoms with van der Waals surface area (Å²) in [7, 11) is 3.25. The first-order valence-corrected chi connectivity index (χ1v) is 20.8. The molecule has 1 N–H and O–H groups in total. The molecule has 0 fully saturated rings. The van der Waals surface area contributed by atoms with Crippen LogP contribution in [0, 0.1) is 13.8 Å². The lowest BCUT2D eigenvalue weighted by Crippen LogP contribution is -2.07. The van der Waals surface area contributed by atoms with E-state index in [1.165, 1.54) is 20.8 Å². The first kappa shape index (κ1) is 47.2. The molecule has 2 aliphatic rings. The summed E-state index contributed by atoms with van der Waals surface area (Å²) in [5, 5.41) is 10.8. The predicted octanol–water partition coefficient (Wildman–Crippen LogP) is 10.6. The molecule has 0 saturated heterocycles. The maximum Gasteiger partial charge on any atom is 0.343 e. The van der Waals surface area contributed by atoms with Crippen LogP contribution in [0.4, 0.5) is 0 Å². The van der Waals surface area contributed by atoms with Gasteiger partial charge in [-0.3, -0.25) is 14.4 Å². The normalized spacial score (nSPS) is 15.0. The second-order valence-electron chi connectivity index (χ2n) is 15.1. The molecule has 0 aromatic heterocycles. The van der Waals surface area contributed by atoms with Crippen LogP contribution in [0.25, 0.3) is 33.4 Å².